The van der Waals surface area contributed by atoms with E-state index in [2.05, 4.69) is 4.74 Å². The quantitative estimate of drug-likeness (QED) is 0.589. The molecule has 0 spiro atoms. The summed E-state index contributed by atoms with van der Waals surface area (Å²) in [7, 11) is -3.22. The van der Waals surface area contributed by atoms with Crippen LogP contribution < -0.4 is 0 Å². The molecule has 0 aromatic rings. The molecule has 0 radical (unpaired) electrons. The Morgan fingerprint density at radius 1 is 1.33 bits per heavy atom. The van der Waals surface area contributed by atoms with Crippen LogP contribution in [0.25, 0.3) is 0 Å². The van der Waals surface area contributed by atoms with E-state index < -0.39 is 46.0 Å². The van der Waals surface area contributed by atoms with E-state index in [1.807, 2.05) is 0 Å². The van der Waals surface area contributed by atoms with Gasteiger partial charge in [0.05, 0.1) is 0 Å². The van der Waals surface area contributed by atoms with Gasteiger partial charge >= 0.3 is 6.18 Å². The number of ether oxygens (including phenoxy) is 1. The van der Waals surface area contributed by atoms with Gasteiger partial charge in [-0.15, -0.1) is 0 Å². The lowest BCUT2D eigenvalue weighted by molar-refractivity contribution is -0.143. The minimum atomic E-state index is -4.83. The molecule has 0 heterocycles. The third-order valence-corrected chi connectivity index (χ3v) is 2.79. The fourth-order valence-electron chi connectivity index (χ4n) is 1.29. The fraction of sp³-hybridized carbons (Fsp3) is 0.444. The van der Waals surface area contributed by atoms with Gasteiger partial charge in [-0.25, -0.2) is 8.78 Å². The summed E-state index contributed by atoms with van der Waals surface area (Å²) in [4.78, 5) is -1.09. The standard InChI is InChI=1S/C9H7F5O3S/c10-7(11)4-17-6-3-1-2-5(9(12,13)14)8(6)18(15)16/h1-3,5,7H,4H2. The van der Waals surface area contributed by atoms with E-state index in [4.69, 9.17) is 0 Å². The Morgan fingerprint density at radius 3 is 2.39 bits per heavy atom. The molecule has 0 saturated heterocycles. The topological polar surface area (TPSA) is 43.4 Å². The second-order valence-electron chi connectivity index (χ2n) is 3.24. The Balaban J connectivity index is 3.10. The van der Waals surface area contributed by atoms with Crippen LogP contribution >= 0.6 is 0 Å². The molecule has 3 nitrogen and oxygen atoms in total. The van der Waals surface area contributed by atoms with E-state index in [0.717, 1.165) is 12.2 Å². The van der Waals surface area contributed by atoms with E-state index in [0.29, 0.717) is 6.08 Å². The van der Waals surface area contributed by atoms with Crippen LogP contribution in [0, 0.1) is 5.92 Å². The van der Waals surface area contributed by atoms with Crippen molar-refractivity contribution in [1.82, 2.24) is 0 Å². The molecule has 102 valence electrons. The van der Waals surface area contributed by atoms with E-state index in [9.17, 15) is 30.4 Å². The van der Waals surface area contributed by atoms with Gasteiger partial charge in [0.15, 0.2) is 0 Å². The van der Waals surface area contributed by atoms with Crippen LogP contribution in [0.2, 0.25) is 0 Å². The van der Waals surface area contributed by atoms with Crippen LogP contribution in [0.15, 0.2) is 24.0 Å². The number of allylic oxidation sites excluding steroid dienone is 4. The summed E-state index contributed by atoms with van der Waals surface area (Å²) in [6.07, 6.45) is -5.33. The monoisotopic (exact) mass is 290 g/mol. The predicted molar refractivity (Wildman–Crippen MR) is 52.7 cm³/mol. The van der Waals surface area contributed by atoms with Crippen molar-refractivity contribution in [3.05, 3.63) is 24.0 Å². The van der Waals surface area contributed by atoms with E-state index in [1.54, 1.807) is 0 Å². The molecule has 0 bridgehead atoms. The lowest BCUT2D eigenvalue weighted by atomic mass is 9.98. The molecule has 0 saturated carbocycles. The Morgan fingerprint density at radius 2 is 1.94 bits per heavy atom. The van der Waals surface area contributed by atoms with Gasteiger partial charge in [0.1, 0.15) is 23.1 Å². The minimum absolute atomic E-state index is 0.611. The van der Waals surface area contributed by atoms with Crippen molar-refractivity contribution in [3.8, 4) is 0 Å². The van der Waals surface area contributed by atoms with Crippen LogP contribution in [0.1, 0.15) is 0 Å². The van der Waals surface area contributed by atoms with Gasteiger partial charge in [-0.3, -0.25) is 0 Å². The van der Waals surface area contributed by atoms with Crippen LogP contribution in [0.3, 0.4) is 0 Å². The molecule has 0 aliphatic heterocycles. The summed E-state index contributed by atoms with van der Waals surface area (Å²) in [5.74, 6) is -3.10. The normalized spacial score (nSPS) is 20.0. The van der Waals surface area contributed by atoms with Crippen LogP contribution in [-0.4, -0.2) is 32.5 Å². The molecule has 1 aliphatic rings. The molecular formula is C9H7F5O3S. The Labute approximate surface area is 100 Å². The first-order valence-corrected chi connectivity index (χ1v) is 5.63. The fourth-order valence-corrected chi connectivity index (χ4v) is 2.00. The van der Waals surface area contributed by atoms with Crippen LogP contribution in [-0.2, 0) is 15.0 Å². The molecule has 9 heteroatoms. The van der Waals surface area contributed by atoms with Gasteiger partial charge < -0.3 is 4.74 Å². The van der Waals surface area contributed by atoms with Crippen LogP contribution in [0.4, 0.5) is 22.0 Å². The minimum Gasteiger partial charge on any atom is -0.486 e. The van der Waals surface area contributed by atoms with Crippen molar-refractivity contribution in [1.29, 1.82) is 0 Å². The van der Waals surface area contributed by atoms with Crippen molar-refractivity contribution in [2.24, 2.45) is 5.92 Å². The Hall–Kier alpha value is -1.38. The maximum absolute atomic E-state index is 12.5. The highest BCUT2D eigenvalue weighted by atomic mass is 32.2. The van der Waals surface area contributed by atoms with Gasteiger partial charge in [-0.2, -0.15) is 21.6 Å². The van der Waals surface area contributed by atoms with Crippen molar-refractivity contribution in [2.75, 3.05) is 6.61 Å². The summed E-state index contributed by atoms with van der Waals surface area (Å²) in [5, 5.41) is 0. The summed E-state index contributed by atoms with van der Waals surface area (Å²) in [5.41, 5.74) is 0. The van der Waals surface area contributed by atoms with Gasteiger partial charge in [-0.05, 0) is 6.08 Å². The van der Waals surface area contributed by atoms with E-state index >= 15 is 0 Å². The van der Waals surface area contributed by atoms with Crippen molar-refractivity contribution in [3.63, 3.8) is 0 Å². The highest BCUT2D eigenvalue weighted by Crippen LogP contribution is 2.32. The molecule has 1 rings (SSSR count). The second kappa shape index (κ2) is 5.51. The number of hydrogen-bond donors (Lipinski definition) is 0. The number of alkyl halides is 5. The zero-order chi connectivity index (χ0) is 13.9. The Kier molecular flexibility index (Phi) is 4.49. The molecule has 1 unspecified atom stereocenters. The molecule has 0 aromatic carbocycles. The smallest absolute Gasteiger partial charge is 0.400 e. The lowest BCUT2D eigenvalue weighted by Gasteiger charge is -2.21. The SMILES string of the molecule is O=S(=O)=C1C(OCC(F)F)=CC=CC1C(F)(F)F. The van der Waals surface area contributed by atoms with E-state index in [-0.39, 0.29) is 0 Å². The van der Waals surface area contributed by atoms with Crippen molar-refractivity contribution in [2.45, 2.75) is 12.6 Å². The maximum atomic E-state index is 12.5. The van der Waals surface area contributed by atoms with Gasteiger partial charge in [0, 0.05) is 0 Å². The van der Waals surface area contributed by atoms with Gasteiger partial charge in [0.2, 0.25) is 10.3 Å². The summed E-state index contributed by atoms with van der Waals surface area (Å²) in [6, 6.07) is 0. The zero-order valence-corrected chi connectivity index (χ0v) is 9.43. The molecule has 0 amide bonds. The first-order chi connectivity index (χ1) is 8.23. The average Bonchev–Trinajstić information content (AvgIpc) is 2.24. The molecular weight excluding hydrogens is 283 g/mol. The van der Waals surface area contributed by atoms with Crippen molar-refractivity contribution < 1.29 is 35.1 Å². The second-order valence-corrected chi connectivity index (χ2v) is 4.15. The number of halogens is 5. The summed E-state index contributed by atoms with van der Waals surface area (Å²) in [6.45, 7) is -1.18. The van der Waals surface area contributed by atoms with E-state index in [1.165, 1.54) is 0 Å². The molecule has 0 aromatic heterocycles. The first kappa shape index (κ1) is 14.7. The highest BCUT2D eigenvalue weighted by molar-refractivity contribution is 7.73. The summed E-state index contributed by atoms with van der Waals surface area (Å²) >= 11 is 0. The average molecular weight is 290 g/mol. The molecule has 0 fully saturated rings. The number of rotatable bonds is 3. The molecule has 1 atom stereocenters. The van der Waals surface area contributed by atoms with Crippen molar-refractivity contribution >= 4 is 15.2 Å². The zero-order valence-electron chi connectivity index (χ0n) is 8.62. The van der Waals surface area contributed by atoms with Gasteiger partial charge in [-0.1, -0.05) is 12.2 Å². The number of hydrogen-bond acceptors (Lipinski definition) is 3. The highest BCUT2D eigenvalue weighted by Gasteiger charge is 2.44. The van der Waals surface area contributed by atoms with Crippen LogP contribution in [0.5, 0.6) is 0 Å². The van der Waals surface area contributed by atoms with Gasteiger partial charge in [0.25, 0.3) is 6.43 Å². The summed E-state index contributed by atoms with van der Waals surface area (Å²) < 4.78 is 87.4. The lowest BCUT2D eigenvalue weighted by Crippen LogP contribution is -2.33. The third kappa shape index (κ3) is 3.56. The molecule has 0 N–H and O–H groups in total. The molecule has 18 heavy (non-hydrogen) atoms. The first-order valence-electron chi connectivity index (χ1n) is 4.56. The third-order valence-electron chi connectivity index (χ3n) is 1.97. The molecule has 1 aliphatic carbocycles. The predicted octanol–water partition coefficient (Wildman–Crippen LogP) is 1.95. The maximum Gasteiger partial charge on any atom is 0.400 e. The largest absolute Gasteiger partial charge is 0.486 e. The Bertz CT molecular complexity index is 493.